The van der Waals surface area contributed by atoms with Gasteiger partial charge in [0.2, 0.25) is 0 Å². The Morgan fingerprint density at radius 2 is 2.00 bits per heavy atom. The molecule has 27 heavy (non-hydrogen) atoms. The molecule has 0 unspecified atom stereocenters. The summed E-state index contributed by atoms with van der Waals surface area (Å²) in [6.45, 7) is 0.132. The van der Waals surface area contributed by atoms with Crippen molar-refractivity contribution in [2.24, 2.45) is 4.99 Å². The molecule has 0 saturated heterocycles. The van der Waals surface area contributed by atoms with E-state index in [-0.39, 0.29) is 35.5 Å². The molecule has 0 amide bonds. The first-order chi connectivity index (χ1) is 12.5. The molecule has 0 atom stereocenters. The Bertz CT molecular complexity index is 743. The molecule has 1 aromatic carbocycles. The fourth-order valence-corrected chi connectivity index (χ4v) is 2.98. The molecule has 2 rings (SSSR count). The van der Waals surface area contributed by atoms with E-state index in [1.807, 2.05) is 6.20 Å². The molecule has 2 aromatic rings. The third-order valence-electron chi connectivity index (χ3n) is 3.48. The van der Waals surface area contributed by atoms with Gasteiger partial charge in [-0.3, -0.25) is 4.99 Å². The van der Waals surface area contributed by atoms with Crippen molar-refractivity contribution in [2.75, 3.05) is 14.2 Å². The van der Waals surface area contributed by atoms with Crippen LogP contribution < -0.4 is 20.1 Å². The largest absolute Gasteiger partial charge is 0.493 e. The summed E-state index contributed by atoms with van der Waals surface area (Å²) in [6, 6.07) is 4.87. The molecule has 0 saturated carbocycles. The van der Waals surface area contributed by atoms with E-state index in [0.717, 1.165) is 17.0 Å². The van der Waals surface area contributed by atoms with Gasteiger partial charge in [-0.2, -0.15) is 8.78 Å². The van der Waals surface area contributed by atoms with Crippen molar-refractivity contribution >= 4 is 41.3 Å². The molecule has 150 valence electrons. The molecule has 0 aliphatic rings. The molecule has 0 aliphatic carbocycles. The predicted molar refractivity (Wildman–Crippen MR) is 114 cm³/mol. The highest BCUT2D eigenvalue weighted by Crippen LogP contribution is 2.29. The van der Waals surface area contributed by atoms with E-state index in [2.05, 4.69) is 32.3 Å². The van der Waals surface area contributed by atoms with Crippen LogP contribution in [0.2, 0.25) is 0 Å². The Morgan fingerprint density at radius 3 is 2.59 bits per heavy atom. The van der Waals surface area contributed by atoms with Crippen LogP contribution in [0, 0.1) is 0 Å². The lowest BCUT2D eigenvalue weighted by molar-refractivity contribution is -0.0512. The molecule has 0 bridgehead atoms. The first-order valence-corrected chi connectivity index (χ1v) is 8.87. The normalized spacial score (nSPS) is 11.1. The third kappa shape index (κ3) is 7.45. The van der Waals surface area contributed by atoms with Crippen LogP contribution in [0.1, 0.15) is 22.4 Å². The molecule has 6 nitrogen and oxygen atoms in total. The van der Waals surface area contributed by atoms with Gasteiger partial charge in [-0.25, -0.2) is 4.98 Å². The Kier molecular flexibility index (Phi) is 10.3. The van der Waals surface area contributed by atoms with Crippen molar-refractivity contribution in [3.05, 3.63) is 39.8 Å². The second-order valence-electron chi connectivity index (χ2n) is 5.22. The summed E-state index contributed by atoms with van der Waals surface area (Å²) in [4.78, 5) is 9.72. The van der Waals surface area contributed by atoms with Crippen LogP contribution in [0.4, 0.5) is 8.78 Å². The summed E-state index contributed by atoms with van der Waals surface area (Å²) in [5.41, 5.74) is 0.756. The number of guanidine groups is 1. The SMILES string of the molecule is CCc1cnc(CNC(=NC)NCc2ccc(OC)c(OC(F)F)c2)s1.I. The lowest BCUT2D eigenvalue weighted by Gasteiger charge is -2.14. The van der Waals surface area contributed by atoms with Crippen LogP contribution in [0.15, 0.2) is 29.4 Å². The predicted octanol–water partition coefficient (Wildman–Crippen LogP) is 3.80. The van der Waals surface area contributed by atoms with Crippen molar-refractivity contribution < 1.29 is 18.3 Å². The third-order valence-corrected chi connectivity index (χ3v) is 4.63. The minimum atomic E-state index is -2.91. The topological polar surface area (TPSA) is 67.8 Å². The van der Waals surface area contributed by atoms with Gasteiger partial charge in [0.05, 0.1) is 13.7 Å². The van der Waals surface area contributed by atoms with Crippen LogP contribution in [0.5, 0.6) is 11.5 Å². The number of halogens is 3. The van der Waals surface area contributed by atoms with Crippen LogP contribution in [0.25, 0.3) is 0 Å². The number of benzene rings is 1. The van der Waals surface area contributed by atoms with E-state index in [1.165, 1.54) is 18.1 Å². The standard InChI is InChI=1S/C17H22F2N4O2S.HI/c1-4-12-9-21-15(26-12)10-23-17(20-2)22-8-11-5-6-13(24-3)14(7-11)25-16(18)19;/h5-7,9,16H,4,8,10H2,1-3H3,(H2,20,22,23);1H. The highest BCUT2D eigenvalue weighted by Gasteiger charge is 2.11. The zero-order valence-electron chi connectivity index (χ0n) is 15.3. The number of methoxy groups -OCH3 is 1. The van der Waals surface area contributed by atoms with Crippen molar-refractivity contribution in [3.63, 3.8) is 0 Å². The number of aryl methyl sites for hydroxylation is 1. The zero-order chi connectivity index (χ0) is 18.9. The fraction of sp³-hybridized carbons (Fsp3) is 0.412. The van der Waals surface area contributed by atoms with Crippen LogP contribution in [-0.4, -0.2) is 31.7 Å². The molecule has 0 fully saturated rings. The van der Waals surface area contributed by atoms with Gasteiger partial charge in [-0.1, -0.05) is 13.0 Å². The summed E-state index contributed by atoms with van der Waals surface area (Å²) in [5.74, 6) is 0.845. The Labute approximate surface area is 178 Å². The minimum Gasteiger partial charge on any atom is -0.493 e. The Morgan fingerprint density at radius 1 is 1.26 bits per heavy atom. The molecule has 0 spiro atoms. The van der Waals surface area contributed by atoms with Crippen molar-refractivity contribution in [1.29, 1.82) is 0 Å². The average molecular weight is 512 g/mol. The van der Waals surface area contributed by atoms with Gasteiger partial charge in [0.1, 0.15) is 5.01 Å². The van der Waals surface area contributed by atoms with Gasteiger partial charge < -0.3 is 20.1 Å². The van der Waals surface area contributed by atoms with Crippen molar-refractivity contribution in [1.82, 2.24) is 15.6 Å². The lowest BCUT2D eigenvalue weighted by Crippen LogP contribution is -2.36. The quantitative estimate of drug-likeness (QED) is 0.320. The summed E-state index contributed by atoms with van der Waals surface area (Å²) >= 11 is 1.65. The number of thiazole rings is 1. The van der Waals surface area contributed by atoms with E-state index >= 15 is 0 Å². The van der Waals surface area contributed by atoms with E-state index in [1.54, 1.807) is 30.5 Å². The summed E-state index contributed by atoms with van der Waals surface area (Å²) < 4.78 is 34.5. The van der Waals surface area contributed by atoms with Crippen LogP contribution in [-0.2, 0) is 19.5 Å². The summed E-state index contributed by atoms with van der Waals surface area (Å²) in [5, 5.41) is 7.27. The second-order valence-corrected chi connectivity index (χ2v) is 6.42. The first-order valence-electron chi connectivity index (χ1n) is 8.05. The molecular weight excluding hydrogens is 489 g/mol. The first kappa shape index (κ1) is 23.3. The molecule has 0 radical (unpaired) electrons. The Hall–Kier alpha value is -1.69. The van der Waals surface area contributed by atoms with E-state index in [4.69, 9.17) is 4.74 Å². The number of nitrogens with zero attached hydrogens (tertiary/aromatic N) is 2. The van der Waals surface area contributed by atoms with E-state index < -0.39 is 6.61 Å². The molecule has 1 aromatic heterocycles. The number of hydrogen-bond acceptors (Lipinski definition) is 5. The fourth-order valence-electron chi connectivity index (χ4n) is 2.18. The van der Waals surface area contributed by atoms with Gasteiger partial charge >= 0.3 is 6.61 Å². The second kappa shape index (κ2) is 11.9. The van der Waals surface area contributed by atoms with Gasteiger partial charge in [0.25, 0.3) is 0 Å². The molecule has 0 aliphatic heterocycles. The maximum absolute atomic E-state index is 12.5. The van der Waals surface area contributed by atoms with E-state index in [9.17, 15) is 8.78 Å². The van der Waals surface area contributed by atoms with Gasteiger partial charge in [-0.15, -0.1) is 35.3 Å². The van der Waals surface area contributed by atoms with Crippen molar-refractivity contribution in [2.45, 2.75) is 33.0 Å². The summed E-state index contributed by atoms with van der Waals surface area (Å²) in [6.07, 6.45) is 2.84. The van der Waals surface area contributed by atoms with Gasteiger partial charge in [-0.05, 0) is 24.1 Å². The number of ether oxygens (including phenoxy) is 2. The number of aromatic nitrogens is 1. The number of rotatable bonds is 8. The number of aliphatic imine (C=N–C) groups is 1. The average Bonchev–Trinajstić information content (AvgIpc) is 3.09. The zero-order valence-corrected chi connectivity index (χ0v) is 18.4. The molecule has 2 N–H and O–H groups in total. The molecule has 10 heteroatoms. The highest BCUT2D eigenvalue weighted by molar-refractivity contribution is 14.0. The number of nitrogens with one attached hydrogen (secondary N) is 2. The number of hydrogen-bond donors (Lipinski definition) is 2. The molecule has 1 heterocycles. The maximum Gasteiger partial charge on any atom is 0.387 e. The Balaban J connectivity index is 0.00000364. The highest BCUT2D eigenvalue weighted by atomic mass is 127. The van der Waals surface area contributed by atoms with Gasteiger partial charge in [0, 0.05) is 24.7 Å². The van der Waals surface area contributed by atoms with Crippen LogP contribution in [0.3, 0.4) is 0 Å². The smallest absolute Gasteiger partial charge is 0.387 e. The summed E-state index contributed by atoms with van der Waals surface area (Å²) in [7, 11) is 3.06. The monoisotopic (exact) mass is 512 g/mol. The molecular formula is C17H23F2IN4O2S. The van der Waals surface area contributed by atoms with E-state index in [0.29, 0.717) is 19.0 Å². The van der Waals surface area contributed by atoms with Gasteiger partial charge in [0.15, 0.2) is 17.5 Å². The van der Waals surface area contributed by atoms with Crippen molar-refractivity contribution in [3.8, 4) is 11.5 Å². The van der Waals surface area contributed by atoms with Crippen LogP contribution >= 0.6 is 35.3 Å². The number of alkyl halides is 2. The lowest BCUT2D eigenvalue weighted by atomic mass is 10.2. The minimum absolute atomic E-state index is 0. The maximum atomic E-state index is 12.5.